The van der Waals surface area contributed by atoms with E-state index < -0.39 is 0 Å². The Kier molecular flexibility index (Phi) is 3.40. The standard InChI is InChI=1S/C14H16ClN3O2/c15-10-1-3-12(4-2-10)18-6-9(5-13(18)19)14(20)17-7-11(16)8-17/h1-4,9,11H,5-8,16H2. The van der Waals surface area contributed by atoms with Crippen molar-refractivity contribution in [3.63, 3.8) is 0 Å². The van der Waals surface area contributed by atoms with Gasteiger partial charge in [0.1, 0.15) is 0 Å². The van der Waals surface area contributed by atoms with Crippen LogP contribution in [-0.2, 0) is 9.59 Å². The van der Waals surface area contributed by atoms with E-state index in [4.69, 9.17) is 17.3 Å². The van der Waals surface area contributed by atoms with Gasteiger partial charge in [0.05, 0.1) is 5.92 Å². The molecule has 0 radical (unpaired) electrons. The summed E-state index contributed by atoms with van der Waals surface area (Å²) in [5.41, 5.74) is 6.47. The molecule has 2 saturated heterocycles. The van der Waals surface area contributed by atoms with Gasteiger partial charge in [0.15, 0.2) is 0 Å². The number of likely N-dealkylation sites (tertiary alicyclic amines) is 1. The summed E-state index contributed by atoms with van der Waals surface area (Å²) in [7, 11) is 0. The Morgan fingerprint density at radius 3 is 2.45 bits per heavy atom. The van der Waals surface area contributed by atoms with Crippen molar-refractivity contribution in [2.75, 3.05) is 24.5 Å². The van der Waals surface area contributed by atoms with Crippen LogP contribution in [0.2, 0.25) is 5.02 Å². The Morgan fingerprint density at radius 2 is 1.85 bits per heavy atom. The maximum Gasteiger partial charge on any atom is 0.228 e. The van der Waals surface area contributed by atoms with Crippen molar-refractivity contribution in [3.8, 4) is 0 Å². The summed E-state index contributed by atoms with van der Waals surface area (Å²) in [6.07, 6.45) is 0.271. The van der Waals surface area contributed by atoms with E-state index in [9.17, 15) is 9.59 Å². The van der Waals surface area contributed by atoms with Gasteiger partial charge >= 0.3 is 0 Å². The molecule has 2 aliphatic heterocycles. The predicted molar refractivity (Wildman–Crippen MR) is 76.5 cm³/mol. The van der Waals surface area contributed by atoms with Crippen LogP contribution in [0, 0.1) is 5.92 Å². The second kappa shape index (κ2) is 5.07. The number of hydrogen-bond acceptors (Lipinski definition) is 3. The van der Waals surface area contributed by atoms with E-state index in [0.717, 1.165) is 5.69 Å². The van der Waals surface area contributed by atoms with Crippen LogP contribution in [0.4, 0.5) is 5.69 Å². The first-order chi connectivity index (χ1) is 9.54. The predicted octanol–water partition coefficient (Wildman–Crippen LogP) is 0.862. The number of benzene rings is 1. The molecule has 1 atom stereocenters. The smallest absolute Gasteiger partial charge is 0.228 e. The molecule has 20 heavy (non-hydrogen) atoms. The van der Waals surface area contributed by atoms with Crippen molar-refractivity contribution in [3.05, 3.63) is 29.3 Å². The number of amides is 2. The van der Waals surface area contributed by atoms with Gasteiger partial charge in [-0.25, -0.2) is 0 Å². The van der Waals surface area contributed by atoms with Gasteiger partial charge in [-0.2, -0.15) is 0 Å². The van der Waals surface area contributed by atoms with Crippen LogP contribution >= 0.6 is 11.6 Å². The van der Waals surface area contributed by atoms with Gasteiger partial charge < -0.3 is 15.5 Å². The van der Waals surface area contributed by atoms with E-state index >= 15 is 0 Å². The lowest BCUT2D eigenvalue weighted by Crippen LogP contribution is -2.59. The van der Waals surface area contributed by atoms with Crippen LogP contribution in [0.15, 0.2) is 24.3 Å². The van der Waals surface area contributed by atoms with Gasteiger partial charge in [-0.3, -0.25) is 9.59 Å². The SMILES string of the molecule is NC1CN(C(=O)C2CC(=O)N(c3ccc(Cl)cc3)C2)C1. The third kappa shape index (κ3) is 2.39. The fourth-order valence-corrected chi connectivity index (χ4v) is 2.82. The van der Waals surface area contributed by atoms with Crippen LogP contribution in [0.3, 0.4) is 0 Å². The number of carbonyl (C=O) groups is 2. The highest BCUT2D eigenvalue weighted by Gasteiger charge is 2.39. The van der Waals surface area contributed by atoms with Crippen molar-refractivity contribution in [2.45, 2.75) is 12.5 Å². The van der Waals surface area contributed by atoms with Crippen LogP contribution in [-0.4, -0.2) is 42.4 Å². The van der Waals surface area contributed by atoms with E-state index in [1.807, 2.05) is 0 Å². The van der Waals surface area contributed by atoms with Gasteiger partial charge in [-0.1, -0.05) is 11.6 Å². The highest BCUT2D eigenvalue weighted by atomic mass is 35.5. The molecule has 2 amide bonds. The summed E-state index contributed by atoms with van der Waals surface area (Å²) in [5, 5.41) is 0.627. The molecule has 3 rings (SSSR count). The van der Waals surface area contributed by atoms with E-state index in [2.05, 4.69) is 0 Å². The molecule has 0 bridgehead atoms. The highest BCUT2D eigenvalue weighted by molar-refractivity contribution is 6.30. The minimum Gasteiger partial charge on any atom is -0.339 e. The zero-order chi connectivity index (χ0) is 14.3. The summed E-state index contributed by atoms with van der Waals surface area (Å²) in [6, 6.07) is 7.17. The van der Waals surface area contributed by atoms with Crippen LogP contribution in [0.5, 0.6) is 0 Å². The molecule has 0 aromatic heterocycles. The van der Waals surface area contributed by atoms with Crippen molar-refractivity contribution in [1.29, 1.82) is 0 Å². The molecule has 2 N–H and O–H groups in total. The quantitative estimate of drug-likeness (QED) is 0.879. The molecule has 2 heterocycles. The Balaban J connectivity index is 1.69. The molecule has 5 nitrogen and oxygen atoms in total. The monoisotopic (exact) mass is 293 g/mol. The van der Waals surface area contributed by atoms with Crippen LogP contribution < -0.4 is 10.6 Å². The third-order valence-corrected chi connectivity index (χ3v) is 4.09. The molecule has 1 unspecified atom stereocenters. The molecule has 2 aliphatic rings. The first kappa shape index (κ1) is 13.4. The number of halogens is 1. The molecule has 0 aliphatic carbocycles. The van der Waals surface area contributed by atoms with E-state index in [1.54, 1.807) is 34.1 Å². The lowest BCUT2D eigenvalue weighted by Gasteiger charge is -2.38. The number of nitrogens with zero attached hydrogens (tertiary/aromatic N) is 2. The van der Waals surface area contributed by atoms with Gasteiger partial charge in [-0.15, -0.1) is 0 Å². The molecule has 106 valence electrons. The van der Waals surface area contributed by atoms with Gasteiger partial charge in [0, 0.05) is 42.8 Å². The molecule has 0 spiro atoms. The summed E-state index contributed by atoms with van der Waals surface area (Å²) in [5.74, 6) is -0.238. The topological polar surface area (TPSA) is 66.6 Å². The maximum atomic E-state index is 12.2. The summed E-state index contributed by atoms with van der Waals surface area (Å²) in [4.78, 5) is 27.7. The fourth-order valence-electron chi connectivity index (χ4n) is 2.69. The Bertz CT molecular complexity index is 540. The van der Waals surface area contributed by atoms with E-state index in [0.29, 0.717) is 24.7 Å². The molecule has 6 heteroatoms. The van der Waals surface area contributed by atoms with Crippen molar-refractivity contribution >= 4 is 29.1 Å². The first-order valence-electron chi connectivity index (χ1n) is 6.65. The summed E-state index contributed by atoms with van der Waals surface area (Å²) in [6.45, 7) is 1.64. The third-order valence-electron chi connectivity index (χ3n) is 3.83. The molecule has 1 aromatic rings. The maximum absolute atomic E-state index is 12.2. The zero-order valence-corrected chi connectivity index (χ0v) is 11.7. The number of anilines is 1. The fraction of sp³-hybridized carbons (Fsp3) is 0.429. The number of rotatable bonds is 2. The Morgan fingerprint density at radius 1 is 1.20 bits per heavy atom. The number of carbonyl (C=O) groups excluding carboxylic acids is 2. The molecule has 1 aromatic carbocycles. The lowest BCUT2D eigenvalue weighted by atomic mass is 10.0. The Labute approximate surface area is 122 Å². The minimum absolute atomic E-state index is 0.0181. The van der Waals surface area contributed by atoms with Crippen LogP contribution in [0.25, 0.3) is 0 Å². The molecule has 0 saturated carbocycles. The second-order valence-electron chi connectivity index (χ2n) is 5.39. The van der Waals surface area contributed by atoms with E-state index in [1.165, 1.54) is 0 Å². The summed E-state index contributed by atoms with van der Waals surface area (Å²) < 4.78 is 0. The van der Waals surface area contributed by atoms with Crippen molar-refractivity contribution in [1.82, 2.24) is 4.90 Å². The first-order valence-corrected chi connectivity index (χ1v) is 7.02. The van der Waals surface area contributed by atoms with Crippen LogP contribution in [0.1, 0.15) is 6.42 Å². The number of hydrogen-bond donors (Lipinski definition) is 1. The summed E-state index contributed by atoms with van der Waals surface area (Å²) >= 11 is 5.84. The highest BCUT2D eigenvalue weighted by Crippen LogP contribution is 2.28. The number of nitrogens with two attached hydrogens (primary N) is 1. The Hall–Kier alpha value is -1.59. The minimum atomic E-state index is -0.259. The molecular formula is C14H16ClN3O2. The van der Waals surface area contributed by atoms with Gasteiger partial charge in [0.2, 0.25) is 11.8 Å². The van der Waals surface area contributed by atoms with Gasteiger partial charge in [-0.05, 0) is 24.3 Å². The lowest BCUT2D eigenvalue weighted by molar-refractivity contribution is -0.140. The largest absolute Gasteiger partial charge is 0.339 e. The average molecular weight is 294 g/mol. The van der Waals surface area contributed by atoms with Crippen molar-refractivity contribution < 1.29 is 9.59 Å². The normalized spacial score (nSPS) is 23.1. The van der Waals surface area contributed by atoms with E-state index in [-0.39, 0.29) is 30.2 Å². The van der Waals surface area contributed by atoms with Crippen molar-refractivity contribution in [2.24, 2.45) is 11.7 Å². The second-order valence-corrected chi connectivity index (χ2v) is 5.82. The average Bonchev–Trinajstić information content (AvgIpc) is 2.77. The zero-order valence-electron chi connectivity index (χ0n) is 11.0. The molecule has 2 fully saturated rings. The van der Waals surface area contributed by atoms with Gasteiger partial charge in [0.25, 0.3) is 0 Å². The molecular weight excluding hydrogens is 278 g/mol.